The molecular formula is C14H17N3O3. The number of nitrogens with one attached hydrogen (secondary N) is 1. The number of methoxy groups -OCH3 is 1. The van der Waals surface area contributed by atoms with Crippen LogP contribution in [0.15, 0.2) is 34.9 Å². The van der Waals surface area contributed by atoms with Gasteiger partial charge in [-0.1, -0.05) is 35.5 Å². The zero-order chi connectivity index (χ0) is 13.8. The molecule has 2 unspecified atom stereocenters. The monoisotopic (exact) mass is 275 g/mol. The second-order valence-electron chi connectivity index (χ2n) is 4.58. The van der Waals surface area contributed by atoms with Crippen LogP contribution >= 0.6 is 0 Å². The van der Waals surface area contributed by atoms with Gasteiger partial charge in [0.15, 0.2) is 0 Å². The van der Waals surface area contributed by atoms with E-state index in [2.05, 4.69) is 15.5 Å². The summed E-state index contributed by atoms with van der Waals surface area (Å²) in [5.41, 5.74) is 0.991. The largest absolute Gasteiger partial charge is 0.369 e. The topological polar surface area (TPSA) is 69.4 Å². The number of nitrogens with zero attached hydrogens (tertiary/aromatic N) is 2. The van der Waals surface area contributed by atoms with Crippen molar-refractivity contribution in [3.8, 4) is 0 Å². The molecule has 0 bridgehead atoms. The molecule has 1 aromatic heterocycles. The minimum Gasteiger partial charge on any atom is -0.369 e. The van der Waals surface area contributed by atoms with E-state index in [0.29, 0.717) is 24.9 Å². The SMILES string of the molecule is COC(c1ccccc1)c1noc(C2CNCCO2)n1. The number of benzene rings is 1. The van der Waals surface area contributed by atoms with Gasteiger partial charge in [0.05, 0.1) is 6.61 Å². The number of rotatable bonds is 4. The summed E-state index contributed by atoms with van der Waals surface area (Å²) in [6, 6.07) is 9.82. The molecule has 1 aliphatic heterocycles. The third kappa shape index (κ3) is 2.72. The molecule has 0 aliphatic carbocycles. The van der Waals surface area contributed by atoms with E-state index in [4.69, 9.17) is 14.0 Å². The second kappa shape index (κ2) is 6.13. The summed E-state index contributed by atoms with van der Waals surface area (Å²) >= 11 is 0. The van der Waals surface area contributed by atoms with Gasteiger partial charge < -0.3 is 19.3 Å². The zero-order valence-corrected chi connectivity index (χ0v) is 11.3. The molecule has 2 aromatic rings. The van der Waals surface area contributed by atoms with Crippen LogP contribution in [0.2, 0.25) is 0 Å². The van der Waals surface area contributed by atoms with Crippen molar-refractivity contribution < 1.29 is 14.0 Å². The third-order valence-electron chi connectivity index (χ3n) is 3.23. The average Bonchev–Trinajstić information content (AvgIpc) is 3.00. The van der Waals surface area contributed by atoms with E-state index in [1.54, 1.807) is 7.11 Å². The van der Waals surface area contributed by atoms with Crippen LogP contribution < -0.4 is 5.32 Å². The molecular weight excluding hydrogens is 258 g/mol. The Bertz CT molecular complexity index is 538. The van der Waals surface area contributed by atoms with Gasteiger partial charge >= 0.3 is 0 Å². The van der Waals surface area contributed by atoms with Crippen LogP contribution in [-0.2, 0) is 9.47 Å². The third-order valence-corrected chi connectivity index (χ3v) is 3.23. The van der Waals surface area contributed by atoms with E-state index >= 15 is 0 Å². The van der Waals surface area contributed by atoms with Crippen LogP contribution in [0.5, 0.6) is 0 Å². The fraction of sp³-hybridized carbons (Fsp3) is 0.429. The molecule has 1 fully saturated rings. The van der Waals surface area contributed by atoms with E-state index in [1.807, 2.05) is 30.3 Å². The summed E-state index contributed by atoms with van der Waals surface area (Å²) in [5.74, 6) is 1.01. The molecule has 106 valence electrons. The Morgan fingerprint density at radius 2 is 2.20 bits per heavy atom. The molecule has 0 radical (unpaired) electrons. The van der Waals surface area contributed by atoms with Gasteiger partial charge in [0, 0.05) is 20.2 Å². The normalized spacial score (nSPS) is 20.8. The van der Waals surface area contributed by atoms with E-state index in [0.717, 1.165) is 12.1 Å². The standard InChI is InChI=1S/C14H17N3O3/c1-18-12(10-5-3-2-4-6-10)13-16-14(20-17-13)11-9-15-7-8-19-11/h2-6,11-12,15H,7-9H2,1H3. The first-order valence-corrected chi connectivity index (χ1v) is 6.62. The summed E-state index contributed by atoms with van der Waals surface area (Å²) in [6.07, 6.45) is -0.511. The molecule has 0 saturated carbocycles. The lowest BCUT2D eigenvalue weighted by molar-refractivity contribution is 0.00755. The molecule has 0 spiro atoms. The molecule has 1 aromatic carbocycles. The minimum absolute atomic E-state index is 0.182. The van der Waals surface area contributed by atoms with Gasteiger partial charge in [-0.2, -0.15) is 4.98 Å². The van der Waals surface area contributed by atoms with Crippen LogP contribution in [0, 0.1) is 0 Å². The van der Waals surface area contributed by atoms with Crippen LogP contribution in [0.1, 0.15) is 29.5 Å². The Labute approximate surface area is 117 Å². The summed E-state index contributed by atoms with van der Waals surface area (Å²) < 4.78 is 16.4. The molecule has 6 nitrogen and oxygen atoms in total. The Balaban J connectivity index is 1.81. The van der Waals surface area contributed by atoms with Gasteiger partial charge in [0.1, 0.15) is 12.2 Å². The van der Waals surface area contributed by atoms with Crippen molar-refractivity contribution in [3.05, 3.63) is 47.6 Å². The summed E-state index contributed by atoms with van der Waals surface area (Å²) in [7, 11) is 1.63. The average molecular weight is 275 g/mol. The maximum atomic E-state index is 5.60. The number of morpholine rings is 1. The van der Waals surface area contributed by atoms with Gasteiger partial charge in [-0.25, -0.2) is 0 Å². The van der Waals surface area contributed by atoms with Gasteiger partial charge in [-0.3, -0.25) is 0 Å². The number of ether oxygens (including phenoxy) is 2. The molecule has 1 saturated heterocycles. The lowest BCUT2D eigenvalue weighted by Gasteiger charge is -2.20. The van der Waals surface area contributed by atoms with Crippen molar-refractivity contribution in [1.29, 1.82) is 0 Å². The number of aromatic nitrogens is 2. The van der Waals surface area contributed by atoms with Crippen molar-refractivity contribution in [2.75, 3.05) is 26.8 Å². The second-order valence-corrected chi connectivity index (χ2v) is 4.58. The van der Waals surface area contributed by atoms with Crippen molar-refractivity contribution in [2.45, 2.75) is 12.2 Å². The van der Waals surface area contributed by atoms with E-state index in [1.165, 1.54) is 0 Å². The molecule has 2 atom stereocenters. The van der Waals surface area contributed by atoms with Crippen LogP contribution in [0.25, 0.3) is 0 Å². The maximum absolute atomic E-state index is 5.60. The van der Waals surface area contributed by atoms with E-state index < -0.39 is 0 Å². The van der Waals surface area contributed by atoms with Gasteiger partial charge in [0.2, 0.25) is 5.82 Å². The maximum Gasteiger partial charge on any atom is 0.257 e. The number of hydrogen-bond acceptors (Lipinski definition) is 6. The van der Waals surface area contributed by atoms with Crippen LogP contribution in [-0.4, -0.2) is 36.9 Å². The predicted octanol–water partition coefficient (Wildman–Crippen LogP) is 1.47. The molecule has 1 aliphatic rings. The van der Waals surface area contributed by atoms with Crippen molar-refractivity contribution in [3.63, 3.8) is 0 Å². The Kier molecular flexibility index (Phi) is 4.05. The van der Waals surface area contributed by atoms with Gasteiger partial charge in [-0.05, 0) is 5.56 Å². The minimum atomic E-state index is -0.328. The first-order chi connectivity index (χ1) is 9.88. The van der Waals surface area contributed by atoms with Crippen molar-refractivity contribution in [2.24, 2.45) is 0 Å². The van der Waals surface area contributed by atoms with E-state index in [9.17, 15) is 0 Å². The lowest BCUT2D eigenvalue weighted by Crippen LogP contribution is -2.33. The Morgan fingerprint density at radius 1 is 1.35 bits per heavy atom. The lowest BCUT2D eigenvalue weighted by atomic mass is 10.1. The number of hydrogen-bond donors (Lipinski definition) is 1. The highest BCUT2D eigenvalue weighted by molar-refractivity contribution is 5.22. The predicted molar refractivity (Wildman–Crippen MR) is 71.2 cm³/mol. The van der Waals surface area contributed by atoms with Gasteiger partial charge in [0.25, 0.3) is 5.89 Å². The molecule has 20 heavy (non-hydrogen) atoms. The Morgan fingerprint density at radius 3 is 2.90 bits per heavy atom. The quantitative estimate of drug-likeness (QED) is 0.911. The first kappa shape index (κ1) is 13.2. The summed E-state index contributed by atoms with van der Waals surface area (Å²) in [5, 5.41) is 7.25. The molecule has 6 heteroatoms. The summed E-state index contributed by atoms with van der Waals surface area (Å²) in [4.78, 5) is 4.41. The zero-order valence-electron chi connectivity index (χ0n) is 11.3. The summed E-state index contributed by atoms with van der Waals surface area (Å²) in [6.45, 7) is 2.18. The molecule has 0 amide bonds. The van der Waals surface area contributed by atoms with Crippen LogP contribution in [0.3, 0.4) is 0 Å². The van der Waals surface area contributed by atoms with Crippen LogP contribution in [0.4, 0.5) is 0 Å². The van der Waals surface area contributed by atoms with E-state index in [-0.39, 0.29) is 12.2 Å². The highest BCUT2D eigenvalue weighted by Gasteiger charge is 2.25. The highest BCUT2D eigenvalue weighted by atomic mass is 16.5. The fourth-order valence-corrected chi connectivity index (χ4v) is 2.23. The molecule has 3 rings (SSSR count). The van der Waals surface area contributed by atoms with Crippen molar-refractivity contribution >= 4 is 0 Å². The molecule has 1 N–H and O–H groups in total. The van der Waals surface area contributed by atoms with Gasteiger partial charge in [-0.15, -0.1) is 0 Å². The molecule has 2 heterocycles. The van der Waals surface area contributed by atoms with Crippen molar-refractivity contribution in [1.82, 2.24) is 15.5 Å². The highest BCUT2D eigenvalue weighted by Crippen LogP contribution is 2.25. The Hall–Kier alpha value is -1.76. The fourth-order valence-electron chi connectivity index (χ4n) is 2.23. The smallest absolute Gasteiger partial charge is 0.257 e. The first-order valence-electron chi connectivity index (χ1n) is 6.62.